The summed E-state index contributed by atoms with van der Waals surface area (Å²) in [6, 6.07) is 7.08. The van der Waals surface area contributed by atoms with Crippen molar-refractivity contribution in [3.8, 4) is 0 Å². The van der Waals surface area contributed by atoms with Crippen LogP contribution in [-0.2, 0) is 29.1 Å². The summed E-state index contributed by atoms with van der Waals surface area (Å²) in [5, 5.41) is 3.32. The van der Waals surface area contributed by atoms with E-state index < -0.39 is 0 Å². The maximum Gasteiger partial charge on any atom is 0.0984 e. The van der Waals surface area contributed by atoms with Gasteiger partial charge < -0.3 is 0 Å². The van der Waals surface area contributed by atoms with Gasteiger partial charge in [-0.25, -0.2) is 4.98 Å². The van der Waals surface area contributed by atoms with Crippen LogP contribution in [-0.4, -0.2) is 4.98 Å². The fourth-order valence-electron chi connectivity index (χ4n) is 3.84. The molecule has 0 saturated heterocycles. The van der Waals surface area contributed by atoms with Crippen LogP contribution in [0, 0.1) is 6.92 Å². The van der Waals surface area contributed by atoms with Crippen molar-refractivity contribution in [2.75, 3.05) is 0 Å². The molecule has 3 rings (SSSR count). The van der Waals surface area contributed by atoms with Gasteiger partial charge in [0.15, 0.2) is 0 Å². The van der Waals surface area contributed by atoms with Gasteiger partial charge in [-0.2, -0.15) is 0 Å². The van der Waals surface area contributed by atoms with Crippen molar-refractivity contribution in [3.05, 3.63) is 59.9 Å². The lowest BCUT2D eigenvalue weighted by molar-refractivity contribution is 0.489. The van der Waals surface area contributed by atoms with Crippen LogP contribution in [0.3, 0.4) is 0 Å². The first kappa shape index (κ1) is 22.7. The Kier molecular flexibility index (Phi) is 6.48. The molecule has 0 aliphatic carbocycles. The molecular weight excluding hydrogens is 410 g/mol. The molecule has 3 heterocycles. The van der Waals surface area contributed by atoms with Gasteiger partial charge in [-0.1, -0.05) is 48.5 Å². The van der Waals surface area contributed by atoms with Crippen LogP contribution in [0.25, 0.3) is 0 Å². The minimum Gasteiger partial charge on any atom is -0.249 e. The van der Waals surface area contributed by atoms with Crippen LogP contribution in [0.15, 0.2) is 29.8 Å². The zero-order valence-corrected chi connectivity index (χ0v) is 21.6. The second kappa shape index (κ2) is 8.28. The fourth-order valence-corrected chi connectivity index (χ4v) is 7.20. The second-order valence-corrected chi connectivity index (χ2v) is 13.7. The van der Waals surface area contributed by atoms with Crippen molar-refractivity contribution >= 4 is 34.0 Å². The van der Waals surface area contributed by atoms with Crippen LogP contribution < -0.4 is 0 Å². The summed E-state index contributed by atoms with van der Waals surface area (Å²) in [4.78, 5) is 10.6. The number of rotatable bonds is 7. The summed E-state index contributed by atoms with van der Waals surface area (Å²) in [5.41, 5.74) is 1.99. The van der Waals surface area contributed by atoms with Gasteiger partial charge in [0, 0.05) is 36.5 Å². The molecule has 3 aromatic rings. The molecule has 0 saturated carbocycles. The van der Waals surface area contributed by atoms with Crippen LogP contribution in [0.2, 0.25) is 0 Å². The Hall–Kier alpha value is -0.970. The van der Waals surface area contributed by atoms with Crippen LogP contribution >= 0.6 is 34.0 Å². The predicted octanol–water partition coefficient (Wildman–Crippen LogP) is 8.30. The van der Waals surface area contributed by atoms with E-state index in [-0.39, 0.29) is 16.2 Å². The molecule has 0 spiro atoms. The van der Waals surface area contributed by atoms with Gasteiger partial charge in [0.1, 0.15) is 0 Å². The Morgan fingerprint density at radius 1 is 0.897 bits per heavy atom. The first-order chi connectivity index (χ1) is 13.4. The van der Waals surface area contributed by atoms with E-state index >= 15 is 0 Å². The van der Waals surface area contributed by atoms with Crippen molar-refractivity contribution in [2.45, 2.75) is 90.9 Å². The van der Waals surface area contributed by atoms with E-state index in [1.807, 2.05) is 28.9 Å². The van der Waals surface area contributed by atoms with E-state index in [2.05, 4.69) is 84.0 Å². The number of thiazole rings is 1. The molecule has 0 aliphatic heterocycles. The molecule has 0 aliphatic rings. The molecule has 0 radical (unpaired) electrons. The van der Waals surface area contributed by atoms with Crippen molar-refractivity contribution in [1.29, 1.82) is 0 Å². The molecule has 3 aromatic heterocycles. The maximum absolute atomic E-state index is 4.57. The Morgan fingerprint density at radius 2 is 1.62 bits per heavy atom. The molecule has 0 atom stereocenters. The minimum atomic E-state index is 0.0905. The maximum atomic E-state index is 4.57. The number of hydrogen-bond donors (Lipinski definition) is 0. The van der Waals surface area contributed by atoms with E-state index in [4.69, 9.17) is 0 Å². The highest BCUT2D eigenvalue weighted by Crippen LogP contribution is 2.40. The lowest BCUT2D eigenvalue weighted by atomic mass is 9.84. The summed E-state index contributed by atoms with van der Waals surface area (Å²) < 4.78 is 0. The fraction of sp³-hybridized carbons (Fsp3) is 0.560. The zero-order chi connectivity index (χ0) is 21.4. The third kappa shape index (κ3) is 5.39. The third-order valence-electron chi connectivity index (χ3n) is 5.61. The van der Waals surface area contributed by atoms with Crippen LogP contribution in [0.1, 0.15) is 85.0 Å². The normalized spacial score (nSPS) is 13.2. The topological polar surface area (TPSA) is 12.9 Å². The van der Waals surface area contributed by atoms with E-state index in [1.165, 1.54) is 31.6 Å². The zero-order valence-electron chi connectivity index (χ0n) is 19.2. The first-order valence-electron chi connectivity index (χ1n) is 10.5. The third-order valence-corrected chi connectivity index (χ3v) is 9.92. The highest BCUT2D eigenvalue weighted by Gasteiger charge is 2.29. The predicted molar refractivity (Wildman–Crippen MR) is 132 cm³/mol. The van der Waals surface area contributed by atoms with Gasteiger partial charge >= 0.3 is 0 Å². The average molecular weight is 446 g/mol. The number of nitrogens with zero attached hydrogens (tertiary/aromatic N) is 1. The van der Waals surface area contributed by atoms with Crippen molar-refractivity contribution in [2.24, 2.45) is 0 Å². The standard InChI is InChI=1S/C25H35NS3/c1-17-15-19(16-25(7,8)22-26-13-14-27-22)29-21(17)24(5,6)12-11-18-9-10-20(28-18)23(2,3)4/h9-10,13-15H,11-12,16H2,1-8H3. The SMILES string of the molecule is Cc1cc(CC(C)(C)c2nccs2)sc1C(C)(C)CCc1ccc(C(C)(C)C)s1. The summed E-state index contributed by atoms with van der Waals surface area (Å²) in [6.45, 7) is 18.7. The van der Waals surface area contributed by atoms with Gasteiger partial charge in [0.2, 0.25) is 0 Å². The minimum absolute atomic E-state index is 0.0905. The number of hydrogen-bond acceptors (Lipinski definition) is 4. The second-order valence-electron chi connectivity index (χ2n) is 10.5. The number of aryl methyl sites for hydroxylation is 2. The van der Waals surface area contributed by atoms with Crippen LogP contribution in [0.5, 0.6) is 0 Å². The molecule has 1 nitrogen and oxygen atoms in total. The Morgan fingerprint density at radius 3 is 2.21 bits per heavy atom. The molecule has 0 bridgehead atoms. The lowest BCUT2D eigenvalue weighted by Crippen LogP contribution is -2.19. The summed E-state index contributed by atoms with van der Waals surface area (Å²) in [6.07, 6.45) is 5.33. The van der Waals surface area contributed by atoms with E-state index in [0.29, 0.717) is 0 Å². The monoisotopic (exact) mass is 445 g/mol. The summed E-state index contributed by atoms with van der Waals surface area (Å²) in [5.74, 6) is 0. The molecule has 0 N–H and O–H groups in total. The van der Waals surface area contributed by atoms with E-state index in [1.54, 1.807) is 16.2 Å². The van der Waals surface area contributed by atoms with Gasteiger partial charge in [0.25, 0.3) is 0 Å². The molecule has 0 fully saturated rings. The van der Waals surface area contributed by atoms with Gasteiger partial charge in [-0.15, -0.1) is 34.0 Å². The van der Waals surface area contributed by atoms with E-state index in [9.17, 15) is 0 Å². The number of thiophene rings is 2. The molecule has 29 heavy (non-hydrogen) atoms. The van der Waals surface area contributed by atoms with Gasteiger partial charge in [-0.3, -0.25) is 0 Å². The highest BCUT2D eigenvalue weighted by molar-refractivity contribution is 7.12. The largest absolute Gasteiger partial charge is 0.249 e. The van der Waals surface area contributed by atoms with Gasteiger partial charge in [-0.05, 0) is 60.8 Å². The van der Waals surface area contributed by atoms with Gasteiger partial charge in [0.05, 0.1) is 5.01 Å². The van der Waals surface area contributed by atoms with Crippen molar-refractivity contribution in [3.63, 3.8) is 0 Å². The average Bonchev–Trinajstić information content (AvgIpc) is 3.33. The molecule has 158 valence electrons. The first-order valence-corrected chi connectivity index (χ1v) is 13.0. The Labute approximate surface area is 189 Å². The summed E-state index contributed by atoms with van der Waals surface area (Å²) >= 11 is 5.77. The van der Waals surface area contributed by atoms with Crippen LogP contribution in [0.4, 0.5) is 0 Å². The lowest BCUT2D eigenvalue weighted by Gasteiger charge is -2.25. The van der Waals surface area contributed by atoms with E-state index in [0.717, 1.165) is 12.8 Å². The highest BCUT2D eigenvalue weighted by atomic mass is 32.1. The smallest absolute Gasteiger partial charge is 0.0984 e. The number of aromatic nitrogens is 1. The summed E-state index contributed by atoms with van der Waals surface area (Å²) in [7, 11) is 0. The molecule has 4 heteroatoms. The Bertz CT molecular complexity index is 933. The molecular formula is C25H35NS3. The molecule has 0 aromatic carbocycles. The van der Waals surface area contributed by atoms with Crippen molar-refractivity contribution in [1.82, 2.24) is 4.98 Å². The quantitative estimate of drug-likeness (QED) is 0.356. The molecule has 0 amide bonds. The Balaban J connectivity index is 1.71. The molecule has 0 unspecified atom stereocenters. The van der Waals surface area contributed by atoms with Crippen molar-refractivity contribution < 1.29 is 0 Å².